The molecule has 0 atom stereocenters. The highest BCUT2D eigenvalue weighted by molar-refractivity contribution is 9.11. The van der Waals surface area contributed by atoms with E-state index < -0.39 is 0 Å². The number of halogens is 2. The molecule has 2 rings (SSSR count). The zero-order valence-corrected chi connectivity index (χ0v) is 15.3. The number of oxazole rings is 1. The van der Waals surface area contributed by atoms with E-state index in [1.165, 1.54) is 0 Å². The standard InChI is InChI=1S/C15H18Br2N2O2/c1-3-12-8-19-14(21-12)9-18-7-10-5-11(16)6-13(17)15(10)20-4-2/h5-6,8,18H,3-4,7,9H2,1-2H3. The fraction of sp³-hybridized carbons (Fsp3) is 0.400. The lowest BCUT2D eigenvalue weighted by Crippen LogP contribution is -2.14. The first kappa shape index (κ1) is 16.5. The van der Waals surface area contributed by atoms with Crippen LogP contribution in [0.3, 0.4) is 0 Å². The number of aryl methyl sites for hydroxylation is 1. The van der Waals surface area contributed by atoms with Gasteiger partial charge in [-0.15, -0.1) is 0 Å². The van der Waals surface area contributed by atoms with Crippen LogP contribution in [-0.4, -0.2) is 11.6 Å². The lowest BCUT2D eigenvalue weighted by molar-refractivity contribution is 0.332. The molecule has 0 aliphatic carbocycles. The van der Waals surface area contributed by atoms with Crippen LogP contribution < -0.4 is 10.1 Å². The van der Waals surface area contributed by atoms with E-state index in [0.29, 0.717) is 25.6 Å². The first-order valence-electron chi connectivity index (χ1n) is 6.89. The first-order valence-corrected chi connectivity index (χ1v) is 8.47. The van der Waals surface area contributed by atoms with Crippen LogP contribution in [0.2, 0.25) is 0 Å². The zero-order chi connectivity index (χ0) is 15.2. The van der Waals surface area contributed by atoms with E-state index in [9.17, 15) is 0 Å². The fourth-order valence-electron chi connectivity index (χ4n) is 1.95. The molecular weight excluding hydrogens is 400 g/mol. The third-order valence-electron chi connectivity index (χ3n) is 2.92. The number of rotatable bonds is 7. The predicted molar refractivity (Wildman–Crippen MR) is 89.4 cm³/mol. The average molecular weight is 418 g/mol. The van der Waals surface area contributed by atoms with Gasteiger partial charge in [0.15, 0.2) is 0 Å². The zero-order valence-electron chi connectivity index (χ0n) is 12.1. The summed E-state index contributed by atoms with van der Waals surface area (Å²) in [5.41, 5.74) is 1.08. The molecule has 1 heterocycles. The minimum absolute atomic E-state index is 0.593. The van der Waals surface area contributed by atoms with Crippen LogP contribution in [-0.2, 0) is 19.5 Å². The minimum atomic E-state index is 0.593. The molecule has 0 saturated heterocycles. The van der Waals surface area contributed by atoms with Crippen molar-refractivity contribution in [1.29, 1.82) is 0 Å². The largest absolute Gasteiger partial charge is 0.492 e. The molecule has 0 amide bonds. The van der Waals surface area contributed by atoms with E-state index in [4.69, 9.17) is 9.15 Å². The van der Waals surface area contributed by atoms with Gasteiger partial charge in [-0.25, -0.2) is 4.98 Å². The quantitative estimate of drug-likeness (QED) is 0.722. The highest BCUT2D eigenvalue weighted by atomic mass is 79.9. The monoisotopic (exact) mass is 416 g/mol. The predicted octanol–water partition coefficient (Wildman–Crippen LogP) is 4.45. The lowest BCUT2D eigenvalue weighted by Gasteiger charge is -2.13. The Morgan fingerprint density at radius 1 is 1.24 bits per heavy atom. The van der Waals surface area contributed by atoms with Gasteiger partial charge < -0.3 is 14.5 Å². The number of nitrogens with one attached hydrogen (secondary N) is 1. The van der Waals surface area contributed by atoms with Gasteiger partial charge in [-0.1, -0.05) is 22.9 Å². The van der Waals surface area contributed by atoms with E-state index in [-0.39, 0.29) is 0 Å². The minimum Gasteiger partial charge on any atom is -0.492 e. The molecule has 6 heteroatoms. The van der Waals surface area contributed by atoms with Crippen LogP contribution in [0.15, 0.2) is 31.7 Å². The molecular formula is C15H18Br2N2O2. The van der Waals surface area contributed by atoms with E-state index in [2.05, 4.69) is 48.2 Å². The molecule has 21 heavy (non-hydrogen) atoms. The van der Waals surface area contributed by atoms with Crippen LogP contribution in [0, 0.1) is 0 Å². The molecule has 1 aromatic heterocycles. The van der Waals surface area contributed by atoms with E-state index in [1.54, 1.807) is 6.20 Å². The molecule has 1 N–H and O–H groups in total. The molecule has 0 aliphatic rings. The number of hydrogen-bond acceptors (Lipinski definition) is 4. The molecule has 0 saturated carbocycles. The molecule has 0 spiro atoms. The van der Waals surface area contributed by atoms with Gasteiger partial charge in [-0.05, 0) is 35.0 Å². The highest BCUT2D eigenvalue weighted by Gasteiger charge is 2.10. The number of nitrogens with zero attached hydrogens (tertiary/aromatic N) is 1. The Morgan fingerprint density at radius 3 is 2.71 bits per heavy atom. The van der Waals surface area contributed by atoms with Crippen molar-refractivity contribution in [2.75, 3.05) is 6.61 Å². The number of hydrogen-bond donors (Lipinski definition) is 1. The van der Waals surface area contributed by atoms with E-state index in [0.717, 1.165) is 32.4 Å². The van der Waals surface area contributed by atoms with Crippen molar-refractivity contribution < 1.29 is 9.15 Å². The SMILES string of the molecule is CCOc1c(Br)cc(Br)cc1CNCc1ncc(CC)o1. The van der Waals surface area contributed by atoms with Gasteiger partial charge in [0.25, 0.3) is 0 Å². The van der Waals surface area contributed by atoms with Crippen LogP contribution in [0.5, 0.6) is 5.75 Å². The molecule has 114 valence electrons. The molecule has 0 unspecified atom stereocenters. The number of ether oxygens (including phenoxy) is 1. The Balaban J connectivity index is 2.01. The van der Waals surface area contributed by atoms with E-state index >= 15 is 0 Å². The van der Waals surface area contributed by atoms with Crippen LogP contribution in [0.25, 0.3) is 0 Å². The normalized spacial score (nSPS) is 10.9. The summed E-state index contributed by atoms with van der Waals surface area (Å²) in [6.45, 7) is 5.93. The molecule has 0 fully saturated rings. The van der Waals surface area contributed by atoms with Gasteiger partial charge in [0.05, 0.1) is 23.8 Å². The van der Waals surface area contributed by atoms with Crippen molar-refractivity contribution in [3.05, 3.63) is 44.5 Å². The highest BCUT2D eigenvalue weighted by Crippen LogP contribution is 2.33. The maximum Gasteiger partial charge on any atom is 0.208 e. The summed E-state index contributed by atoms with van der Waals surface area (Å²) >= 11 is 7.04. The van der Waals surface area contributed by atoms with Gasteiger partial charge in [0.1, 0.15) is 11.5 Å². The van der Waals surface area contributed by atoms with Crippen LogP contribution >= 0.6 is 31.9 Å². The second kappa shape index (κ2) is 7.96. The van der Waals surface area contributed by atoms with Crippen molar-refractivity contribution in [3.8, 4) is 5.75 Å². The number of aromatic nitrogens is 1. The van der Waals surface area contributed by atoms with Gasteiger partial charge in [0.2, 0.25) is 5.89 Å². The lowest BCUT2D eigenvalue weighted by atomic mass is 10.2. The second-order valence-corrected chi connectivity index (χ2v) is 6.26. The summed E-state index contributed by atoms with van der Waals surface area (Å²) in [6.07, 6.45) is 2.64. The van der Waals surface area contributed by atoms with Gasteiger partial charge in [0, 0.05) is 23.0 Å². The maximum absolute atomic E-state index is 5.70. The second-order valence-electron chi connectivity index (χ2n) is 4.49. The van der Waals surface area contributed by atoms with Crippen LogP contribution in [0.1, 0.15) is 31.1 Å². The average Bonchev–Trinajstić information content (AvgIpc) is 2.90. The van der Waals surface area contributed by atoms with Gasteiger partial charge in [-0.3, -0.25) is 0 Å². The molecule has 2 aromatic rings. The summed E-state index contributed by atoms with van der Waals surface area (Å²) < 4.78 is 13.2. The molecule has 4 nitrogen and oxygen atoms in total. The number of benzene rings is 1. The summed E-state index contributed by atoms with van der Waals surface area (Å²) in [5, 5.41) is 3.33. The molecule has 0 aliphatic heterocycles. The Bertz CT molecular complexity index is 599. The summed E-state index contributed by atoms with van der Waals surface area (Å²) in [6, 6.07) is 4.03. The Labute approximate surface area is 141 Å². The van der Waals surface area contributed by atoms with Crippen molar-refractivity contribution in [1.82, 2.24) is 10.3 Å². The Hall–Kier alpha value is -0.850. The van der Waals surface area contributed by atoms with E-state index in [1.807, 2.05) is 19.9 Å². The smallest absolute Gasteiger partial charge is 0.208 e. The Morgan fingerprint density at radius 2 is 2.05 bits per heavy atom. The van der Waals surface area contributed by atoms with Crippen molar-refractivity contribution in [3.63, 3.8) is 0 Å². The van der Waals surface area contributed by atoms with Crippen LogP contribution in [0.4, 0.5) is 0 Å². The third-order valence-corrected chi connectivity index (χ3v) is 3.96. The molecule has 0 radical (unpaired) electrons. The maximum atomic E-state index is 5.70. The summed E-state index contributed by atoms with van der Waals surface area (Å²) in [7, 11) is 0. The first-order chi connectivity index (χ1) is 10.1. The topological polar surface area (TPSA) is 47.3 Å². The third kappa shape index (κ3) is 4.56. The molecule has 0 bridgehead atoms. The van der Waals surface area contributed by atoms with Crippen molar-refractivity contribution >= 4 is 31.9 Å². The van der Waals surface area contributed by atoms with Gasteiger partial charge in [-0.2, -0.15) is 0 Å². The Kier molecular flexibility index (Phi) is 6.26. The molecule has 1 aromatic carbocycles. The van der Waals surface area contributed by atoms with Crippen molar-refractivity contribution in [2.24, 2.45) is 0 Å². The fourth-order valence-corrected chi connectivity index (χ4v) is 3.38. The van der Waals surface area contributed by atoms with Gasteiger partial charge >= 0.3 is 0 Å². The summed E-state index contributed by atoms with van der Waals surface area (Å²) in [5.74, 6) is 2.49. The summed E-state index contributed by atoms with van der Waals surface area (Å²) in [4.78, 5) is 4.23. The van der Waals surface area contributed by atoms with Crippen molar-refractivity contribution in [2.45, 2.75) is 33.4 Å².